The van der Waals surface area contributed by atoms with Gasteiger partial charge in [-0.3, -0.25) is 14.2 Å². The lowest BCUT2D eigenvalue weighted by molar-refractivity contribution is -0.0884. The van der Waals surface area contributed by atoms with Crippen LogP contribution < -0.4 is 4.72 Å². The van der Waals surface area contributed by atoms with Gasteiger partial charge in [0.25, 0.3) is 15.8 Å². The Bertz CT molecular complexity index is 902. The fourth-order valence-corrected chi connectivity index (χ4v) is 3.31. The zero-order valence-electron chi connectivity index (χ0n) is 13.0. The normalized spacial score (nSPS) is 12.2. The van der Waals surface area contributed by atoms with Crippen LogP contribution in [0.15, 0.2) is 29.3 Å². The topological polar surface area (TPSA) is 81.1 Å². The van der Waals surface area contributed by atoms with Crippen LogP contribution in [-0.4, -0.2) is 30.2 Å². The first-order chi connectivity index (χ1) is 10.9. The number of sulfonamides is 1. The van der Waals surface area contributed by atoms with Crippen molar-refractivity contribution in [2.45, 2.75) is 24.9 Å². The molecule has 0 spiro atoms. The molecule has 24 heavy (non-hydrogen) atoms. The predicted molar refractivity (Wildman–Crippen MR) is 80.3 cm³/mol. The summed E-state index contributed by atoms with van der Waals surface area (Å²) >= 11 is 0. The highest BCUT2D eigenvalue weighted by molar-refractivity contribution is 7.92. The molecule has 0 saturated heterocycles. The zero-order valence-corrected chi connectivity index (χ0v) is 13.8. The lowest BCUT2D eigenvalue weighted by Crippen LogP contribution is -2.25. The second kappa shape index (κ2) is 5.93. The lowest BCUT2D eigenvalue weighted by atomic mass is 10.1. The molecule has 10 heteroatoms. The van der Waals surface area contributed by atoms with Gasteiger partial charge in [0.1, 0.15) is 4.90 Å². The van der Waals surface area contributed by atoms with Crippen LogP contribution in [0.5, 0.6) is 0 Å². The van der Waals surface area contributed by atoms with E-state index in [9.17, 15) is 26.4 Å². The molecular weight excluding hydrogens is 347 g/mol. The van der Waals surface area contributed by atoms with Gasteiger partial charge in [-0.1, -0.05) is 11.6 Å². The maximum atomic E-state index is 12.7. The molecule has 2 aromatic rings. The third-order valence-corrected chi connectivity index (χ3v) is 4.87. The van der Waals surface area contributed by atoms with Crippen LogP contribution in [0, 0.1) is 13.8 Å². The number of halogens is 3. The third-order valence-electron chi connectivity index (χ3n) is 3.40. The molecule has 0 atom stereocenters. The number of carbonyl (C=O) groups excluding carboxylic acids is 1. The first kappa shape index (κ1) is 18.0. The summed E-state index contributed by atoms with van der Waals surface area (Å²) in [5.41, 5.74) is -0.500. The molecule has 0 aliphatic heterocycles. The van der Waals surface area contributed by atoms with E-state index in [1.807, 2.05) is 4.72 Å². The highest BCUT2D eigenvalue weighted by Gasteiger charge is 2.41. The van der Waals surface area contributed by atoms with Gasteiger partial charge < -0.3 is 0 Å². The van der Waals surface area contributed by atoms with Crippen molar-refractivity contribution in [3.8, 4) is 0 Å². The summed E-state index contributed by atoms with van der Waals surface area (Å²) < 4.78 is 66.3. The standard InChI is InChI=1S/C14H14F3N3O3S/c1-8-4-5-11(10(6-8)13(21)14(15,16)17)19-24(22,23)12-7-18-20(3)9(12)2/h4-7,19H,1-3H3. The quantitative estimate of drug-likeness (QED) is 0.849. The van der Waals surface area contributed by atoms with Crippen LogP contribution in [0.3, 0.4) is 0 Å². The molecule has 0 saturated carbocycles. The Balaban J connectivity index is 2.51. The number of anilines is 1. The van der Waals surface area contributed by atoms with E-state index in [4.69, 9.17) is 0 Å². The maximum absolute atomic E-state index is 12.7. The van der Waals surface area contributed by atoms with Crippen LogP contribution in [0.2, 0.25) is 0 Å². The number of hydrogen-bond donors (Lipinski definition) is 1. The van der Waals surface area contributed by atoms with E-state index in [2.05, 4.69) is 5.10 Å². The fraction of sp³-hybridized carbons (Fsp3) is 0.286. The molecule has 0 radical (unpaired) electrons. The molecule has 2 rings (SSSR count). The molecule has 1 aromatic carbocycles. The van der Waals surface area contributed by atoms with E-state index in [0.29, 0.717) is 11.3 Å². The number of nitrogens with one attached hydrogen (secondary N) is 1. The van der Waals surface area contributed by atoms with Gasteiger partial charge in [0, 0.05) is 7.05 Å². The largest absolute Gasteiger partial charge is 0.454 e. The molecule has 130 valence electrons. The van der Waals surface area contributed by atoms with Crippen molar-refractivity contribution >= 4 is 21.5 Å². The van der Waals surface area contributed by atoms with Gasteiger partial charge in [0.05, 0.1) is 23.1 Å². The average molecular weight is 361 g/mol. The summed E-state index contributed by atoms with van der Waals surface area (Å²) in [6, 6.07) is 3.52. The van der Waals surface area contributed by atoms with E-state index < -0.39 is 33.2 Å². The highest BCUT2D eigenvalue weighted by atomic mass is 32.2. The number of nitrogens with zero attached hydrogens (tertiary/aromatic N) is 2. The number of carbonyl (C=O) groups is 1. The minimum atomic E-state index is -5.11. The molecule has 1 N–H and O–H groups in total. The fourth-order valence-electron chi connectivity index (χ4n) is 2.03. The number of alkyl halides is 3. The number of aromatic nitrogens is 2. The number of Topliss-reactive ketones (excluding diaryl/α,β-unsaturated/α-hetero) is 1. The molecule has 0 fully saturated rings. The maximum Gasteiger partial charge on any atom is 0.454 e. The summed E-state index contributed by atoms with van der Waals surface area (Å²) in [4.78, 5) is 11.4. The molecular formula is C14H14F3N3O3S. The Kier molecular flexibility index (Phi) is 4.44. The number of rotatable bonds is 4. The molecule has 0 aliphatic rings. The van der Waals surface area contributed by atoms with Gasteiger partial charge in [0.15, 0.2) is 0 Å². The predicted octanol–water partition coefficient (Wildman–Crippen LogP) is 2.58. The van der Waals surface area contributed by atoms with E-state index in [1.54, 1.807) is 0 Å². The van der Waals surface area contributed by atoms with Gasteiger partial charge in [-0.05, 0) is 26.0 Å². The van der Waals surface area contributed by atoms with Crippen LogP contribution in [0.25, 0.3) is 0 Å². The Morgan fingerprint density at radius 3 is 2.38 bits per heavy atom. The van der Waals surface area contributed by atoms with Crippen molar-refractivity contribution in [2.24, 2.45) is 7.05 Å². The second-order valence-electron chi connectivity index (χ2n) is 5.20. The molecule has 0 amide bonds. The minimum Gasteiger partial charge on any atom is -0.284 e. The van der Waals surface area contributed by atoms with E-state index in [1.165, 1.54) is 31.6 Å². The first-order valence-corrected chi connectivity index (χ1v) is 8.15. The molecule has 1 aromatic heterocycles. The van der Waals surface area contributed by atoms with Crippen LogP contribution in [0.4, 0.5) is 18.9 Å². The summed E-state index contributed by atoms with van der Waals surface area (Å²) in [5.74, 6) is -2.12. The van der Waals surface area contributed by atoms with Crippen LogP contribution >= 0.6 is 0 Å². The summed E-state index contributed by atoms with van der Waals surface area (Å²) in [5, 5.41) is 3.79. The number of aryl methyl sites for hydroxylation is 2. The Hall–Kier alpha value is -2.36. The van der Waals surface area contributed by atoms with Gasteiger partial charge in [-0.15, -0.1) is 0 Å². The second-order valence-corrected chi connectivity index (χ2v) is 6.85. The summed E-state index contributed by atoms with van der Waals surface area (Å²) in [6.45, 7) is 3.00. The molecule has 0 bridgehead atoms. The van der Waals surface area contributed by atoms with E-state index in [0.717, 1.165) is 18.3 Å². The Morgan fingerprint density at radius 1 is 1.25 bits per heavy atom. The molecule has 0 aliphatic carbocycles. The summed E-state index contributed by atoms with van der Waals surface area (Å²) in [6.07, 6.45) is -4.03. The van der Waals surface area contributed by atoms with Gasteiger partial charge in [0.2, 0.25) is 0 Å². The first-order valence-electron chi connectivity index (χ1n) is 6.67. The monoisotopic (exact) mass is 361 g/mol. The number of ketones is 1. The smallest absolute Gasteiger partial charge is 0.284 e. The van der Waals surface area contributed by atoms with Gasteiger partial charge >= 0.3 is 6.18 Å². The molecule has 0 unspecified atom stereocenters. The molecule has 1 heterocycles. The van der Waals surface area contributed by atoms with Gasteiger partial charge in [-0.25, -0.2) is 8.42 Å². The lowest BCUT2D eigenvalue weighted by Gasteiger charge is -2.14. The number of benzene rings is 1. The average Bonchev–Trinajstić information content (AvgIpc) is 2.79. The SMILES string of the molecule is Cc1ccc(NS(=O)(=O)c2cnn(C)c2C)c(C(=O)C(F)(F)F)c1. The van der Waals surface area contributed by atoms with E-state index in [-0.39, 0.29) is 4.90 Å². The summed E-state index contributed by atoms with van der Waals surface area (Å²) in [7, 11) is -2.66. The van der Waals surface area contributed by atoms with Crippen molar-refractivity contribution in [2.75, 3.05) is 4.72 Å². The highest BCUT2D eigenvalue weighted by Crippen LogP contribution is 2.29. The van der Waals surface area contributed by atoms with Crippen molar-refractivity contribution in [3.63, 3.8) is 0 Å². The number of hydrogen-bond acceptors (Lipinski definition) is 4. The van der Waals surface area contributed by atoms with Crippen molar-refractivity contribution in [1.29, 1.82) is 0 Å². The van der Waals surface area contributed by atoms with Crippen molar-refractivity contribution in [1.82, 2.24) is 9.78 Å². The Morgan fingerprint density at radius 2 is 1.88 bits per heavy atom. The third kappa shape index (κ3) is 3.42. The van der Waals surface area contributed by atoms with Crippen molar-refractivity contribution < 1.29 is 26.4 Å². The molecule has 6 nitrogen and oxygen atoms in total. The van der Waals surface area contributed by atoms with Crippen LogP contribution in [-0.2, 0) is 17.1 Å². The van der Waals surface area contributed by atoms with E-state index >= 15 is 0 Å². The zero-order chi connectivity index (χ0) is 18.3. The van der Waals surface area contributed by atoms with Crippen LogP contribution in [0.1, 0.15) is 21.6 Å². The Labute approximate surface area is 136 Å². The van der Waals surface area contributed by atoms with Crippen molar-refractivity contribution in [3.05, 3.63) is 41.2 Å². The minimum absolute atomic E-state index is 0.184. The van der Waals surface area contributed by atoms with Gasteiger partial charge in [-0.2, -0.15) is 18.3 Å².